The third-order valence-corrected chi connectivity index (χ3v) is 6.00. The zero-order valence-corrected chi connectivity index (χ0v) is 18.7. The summed E-state index contributed by atoms with van der Waals surface area (Å²) in [4.78, 5) is 10.5. The van der Waals surface area contributed by atoms with Crippen molar-refractivity contribution in [2.24, 2.45) is 0 Å². The van der Waals surface area contributed by atoms with E-state index in [-0.39, 0.29) is 5.69 Å². The SMILES string of the molecule is CCOc1ccc(-n2c(SCc3ccc([N+](=O)[O-])cc3)nnc2-c2ccccc2Cl)cc1. The van der Waals surface area contributed by atoms with Gasteiger partial charge in [0.2, 0.25) is 0 Å². The Morgan fingerprint density at radius 3 is 2.41 bits per heavy atom. The molecule has 7 nitrogen and oxygen atoms in total. The Hall–Kier alpha value is -3.36. The van der Waals surface area contributed by atoms with Crippen LogP contribution in [0, 0.1) is 10.1 Å². The minimum atomic E-state index is -0.407. The fourth-order valence-corrected chi connectivity index (χ4v) is 4.26. The van der Waals surface area contributed by atoms with Gasteiger partial charge >= 0.3 is 0 Å². The monoisotopic (exact) mass is 466 g/mol. The second kappa shape index (κ2) is 9.84. The summed E-state index contributed by atoms with van der Waals surface area (Å²) in [6, 6.07) is 21.7. The van der Waals surface area contributed by atoms with Gasteiger partial charge in [-0.25, -0.2) is 0 Å². The van der Waals surface area contributed by atoms with Crippen LogP contribution in [0.2, 0.25) is 5.02 Å². The van der Waals surface area contributed by atoms with Crippen molar-refractivity contribution < 1.29 is 9.66 Å². The van der Waals surface area contributed by atoms with Gasteiger partial charge in [-0.05, 0) is 48.9 Å². The molecule has 0 bridgehead atoms. The van der Waals surface area contributed by atoms with E-state index in [2.05, 4.69) is 10.2 Å². The minimum absolute atomic E-state index is 0.0670. The maximum absolute atomic E-state index is 10.9. The highest BCUT2D eigenvalue weighted by atomic mass is 35.5. The Morgan fingerprint density at radius 1 is 1.03 bits per heavy atom. The number of ether oxygens (including phenoxy) is 1. The summed E-state index contributed by atoms with van der Waals surface area (Å²) in [6.07, 6.45) is 0. The lowest BCUT2D eigenvalue weighted by atomic mass is 10.2. The van der Waals surface area contributed by atoms with Gasteiger partial charge < -0.3 is 4.74 Å². The van der Waals surface area contributed by atoms with Crippen LogP contribution in [0.4, 0.5) is 5.69 Å². The molecule has 0 aliphatic rings. The van der Waals surface area contributed by atoms with Crippen molar-refractivity contribution in [3.8, 4) is 22.8 Å². The largest absolute Gasteiger partial charge is 0.494 e. The van der Waals surface area contributed by atoms with Gasteiger partial charge in [-0.2, -0.15) is 0 Å². The molecule has 1 aromatic heterocycles. The van der Waals surface area contributed by atoms with Gasteiger partial charge in [-0.15, -0.1) is 10.2 Å². The van der Waals surface area contributed by atoms with Gasteiger partial charge in [0.15, 0.2) is 11.0 Å². The lowest BCUT2D eigenvalue weighted by Gasteiger charge is -2.12. The number of benzene rings is 3. The number of nitrogens with zero attached hydrogens (tertiary/aromatic N) is 4. The van der Waals surface area contributed by atoms with Gasteiger partial charge in [-0.1, -0.05) is 47.6 Å². The first kappa shape index (κ1) is 21.9. The summed E-state index contributed by atoms with van der Waals surface area (Å²) >= 11 is 7.93. The third-order valence-electron chi connectivity index (χ3n) is 4.67. The first-order valence-corrected chi connectivity index (χ1v) is 11.2. The molecule has 0 atom stereocenters. The molecular weight excluding hydrogens is 448 g/mol. The van der Waals surface area contributed by atoms with E-state index < -0.39 is 4.92 Å². The molecule has 0 radical (unpaired) electrons. The summed E-state index contributed by atoms with van der Waals surface area (Å²) in [5, 5.41) is 21.0. The third kappa shape index (κ3) is 4.76. The van der Waals surface area contributed by atoms with E-state index in [1.165, 1.54) is 23.9 Å². The van der Waals surface area contributed by atoms with E-state index >= 15 is 0 Å². The highest BCUT2D eigenvalue weighted by Gasteiger charge is 2.18. The number of halogens is 1. The lowest BCUT2D eigenvalue weighted by Crippen LogP contribution is -2.01. The second-order valence-corrected chi connectivity index (χ2v) is 8.11. The van der Waals surface area contributed by atoms with Crippen molar-refractivity contribution in [3.63, 3.8) is 0 Å². The highest BCUT2D eigenvalue weighted by Crippen LogP contribution is 2.33. The molecule has 0 saturated heterocycles. The van der Waals surface area contributed by atoms with E-state index in [9.17, 15) is 10.1 Å². The Balaban J connectivity index is 1.69. The first-order valence-electron chi connectivity index (χ1n) is 9.86. The molecule has 0 N–H and O–H groups in total. The van der Waals surface area contributed by atoms with E-state index in [1.807, 2.05) is 60.0 Å². The maximum Gasteiger partial charge on any atom is 0.269 e. The average molecular weight is 467 g/mol. The Bertz CT molecular complexity index is 1230. The average Bonchev–Trinajstić information content (AvgIpc) is 3.22. The normalized spacial score (nSPS) is 10.8. The van der Waals surface area contributed by atoms with Crippen LogP contribution < -0.4 is 4.74 Å². The molecular formula is C23H19ClN4O3S. The summed E-state index contributed by atoms with van der Waals surface area (Å²) < 4.78 is 7.51. The summed E-state index contributed by atoms with van der Waals surface area (Å²) in [5.74, 6) is 1.99. The van der Waals surface area contributed by atoms with E-state index in [4.69, 9.17) is 16.3 Å². The van der Waals surface area contributed by atoms with Crippen molar-refractivity contribution in [1.82, 2.24) is 14.8 Å². The molecule has 162 valence electrons. The predicted octanol–water partition coefficient (Wildman–Crippen LogP) is 6.19. The molecule has 9 heteroatoms. The van der Waals surface area contributed by atoms with Gasteiger partial charge in [0.1, 0.15) is 5.75 Å². The smallest absolute Gasteiger partial charge is 0.269 e. The molecule has 0 unspecified atom stereocenters. The Morgan fingerprint density at radius 2 is 1.75 bits per heavy atom. The van der Waals surface area contributed by atoms with Crippen molar-refractivity contribution in [3.05, 3.63) is 93.5 Å². The molecule has 0 aliphatic heterocycles. The van der Waals surface area contributed by atoms with Gasteiger partial charge in [-0.3, -0.25) is 14.7 Å². The number of non-ortho nitro benzene ring substituents is 1. The second-order valence-electron chi connectivity index (χ2n) is 6.76. The van der Waals surface area contributed by atoms with Crippen LogP contribution in [-0.4, -0.2) is 26.3 Å². The number of thioether (sulfide) groups is 1. The molecule has 0 fully saturated rings. The molecule has 3 aromatic carbocycles. The molecule has 32 heavy (non-hydrogen) atoms. The first-order chi connectivity index (χ1) is 15.6. The summed E-state index contributed by atoms with van der Waals surface area (Å²) in [5.41, 5.74) is 2.66. The zero-order valence-electron chi connectivity index (χ0n) is 17.1. The zero-order chi connectivity index (χ0) is 22.5. The van der Waals surface area contributed by atoms with Gasteiger partial charge in [0.25, 0.3) is 5.69 Å². The molecule has 0 amide bonds. The van der Waals surface area contributed by atoms with E-state index in [1.54, 1.807) is 12.1 Å². The van der Waals surface area contributed by atoms with Crippen LogP contribution >= 0.6 is 23.4 Å². The number of hydrogen-bond acceptors (Lipinski definition) is 6. The highest BCUT2D eigenvalue weighted by molar-refractivity contribution is 7.98. The van der Waals surface area contributed by atoms with Gasteiger partial charge in [0.05, 0.1) is 16.6 Å². The van der Waals surface area contributed by atoms with Crippen LogP contribution in [-0.2, 0) is 5.75 Å². The lowest BCUT2D eigenvalue weighted by molar-refractivity contribution is -0.384. The maximum atomic E-state index is 10.9. The molecule has 4 aromatic rings. The fourth-order valence-electron chi connectivity index (χ4n) is 3.13. The summed E-state index contributed by atoms with van der Waals surface area (Å²) in [6.45, 7) is 2.53. The predicted molar refractivity (Wildman–Crippen MR) is 126 cm³/mol. The van der Waals surface area contributed by atoms with Gasteiger partial charge in [0, 0.05) is 29.1 Å². The summed E-state index contributed by atoms with van der Waals surface area (Å²) in [7, 11) is 0. The molecule has 0 aliphatic carbocycles. The van der Waals surface area contributed by atoms with Crippen LogP contribution in [0.25, 0.3) is 17.1 Å². The molecule has 1 heterocycles. The van der Waals surface area contributed by atoms with Crippen LogP contribution in [0.1, 0.15) is 12.5 Å². The van der Waals surface area contributed by atoms with Crippen LogP contribution in [0.15, 0.2) is 78.0 Å². The quantitative estimate of drug-likeness (QED) is 0.175. The number of nitro benzene ring substituents is 1. The molecule has 0 saturated carbocycles. The Labute approximate surface area is 194 Å². The van der Waals surface area contributed by atoms with Crippen molar-refractivity contribution in [1.29, 1.82) is 0 Å². The van der Waals surface area contributed by atoms with E-state index in [0.29, 0.717) is 28.4 Å². The van der Waals surface area contributed by atoms with Crippen LogP contribution in [0.3, 0.4) is 0 Å². The molecule has 4 rings (SSSR count). The van der Waals surface area contributed by atoms with Crippen molar-refractivity contribution in [2.45, 2.75) is 17.8 Å². The topological polar surface area (TPSA) is 83.1 Å². The number of aromatic nitrogens is 3. The minimum Gasteiger partial charge on any atom is -0.494 e. The van der Waals surface area contributed by atoms with Crippen molar-refractivity contribution in [2.75, 3.05) is 6.61 Å². The fraction of sp³-hybridized carbons (Fsp3) is 0.130. The molecule has 0 spiro atoms. The van der Waals surface area contributed by atoms with Crippen molar-refractivity contribution >= 4 is 29.1 Å². The van der Waals surface area contributed by atoms with Crippen LogP contribution in [0.5, 0.6) is 5.75 Å². The number of hydrogen-bond donors (Lipinski definition) is 0. The van der Waals surface area contributed by atoms with E-state index in [0.717, 1.165) is 22.6 Å². The number of rotatable bonds is 8. The Kier molecular flexibility index (Phi) is 6.72. The number of nitro groups is 1. The standard InChI is InChI=1S/C23H19ClN4O3S/c1-2-31-19-13-11-17(12-14-19)27-22(20-5-3-4-6-21(20)24)25-26-23(27)32-15-16-7-9-18(10-8-16)28(29)30/h3-14H,2,15H2,1H3.